The lowest BCUT2D eigenvalue weighted by atomic mass is 10.1. The summed E-state index contributed by atoms with van der Waals surface area (Å²) >= 11 is 0. The molecule has 0 amide bonds. The lowest BCUT2D eigenvalue weighted by molar-refractivity contribution is 0.286. The highest BCUT2D eigenvalue weighted by Gasteiger charge is 2.16. The number of piperidine rings is 1. The van der Waals surface area contributed by atoms with Gasteiger partial charge in [0.2, 0.25) is 0 Å². The molecule has 1 heterocycles. The van der Waals surface area contributed by atoms with E-state index in [4.69, 9.17) is 5.21 Å². The van der Waals surface area contributed by atoms with Crippen LogP contribution in [0.1, 0.15) is 24.8 Å². The number of likely N-dealkylation sites (tertiary alicyclic amines) is 1. The molecule has 2 rings (SSSR count). The van der Waals surface area contributed by atoms with E-state index in [1.807, 2.05) is 30.3 Å². The van der Waals surface area contributed by atoms with Gasteiger partial charge in [0, 0.05) is 18.7 Å². The fourth-order valence-corrected chi connectivity index (χ4v) is 2.00. The molecule has 0 radical (unpaired) electrons. The summed E-state index contributed by atoms with van der Waals surface area (Å²) in [6, 6.07) is 9.84. The van der Waals surface area contributed by atoms with Crippen molar-refractivity contribution in [1.82, 2.24) is 4.90 Å². The van der Waals surface area contributed by atoms with Gasteiger partial charge in [0.25, 0.3) is 0 Å². The zero-order chi connectivity index (χ0) is 10.5. The van der Waals surface area contributed by atoms with Gasteiger partial charge in [0.1, 0.15) is 0 Å². The quantitative estimate of drug-likeness (QED) is 0.330. The normalized spacial score (nSPS) is 17.9. The maximum absolute atomic E-state index is 9.08. The van der Waals surface area contributed by atoms with Crippen LogP contribution in [-0.2, 0) is 0 Å². The number of hydrogen-bond donors (Lipinski definition) is 1. The third-order valence-corrected chi connectivity index (χ3v) is 2.78. The van der Waals surface area contributed by atoms with E-state index in [0.29, 0.717) is 5.84 Å². The van der Waals surface area contributed by atoms with Crippen molar-refractivity contribution in [3.63, 3.8) is 0 Å². The third kappa shape index (κ3) is 2.29. The van der Waals surface area contributed by atoms with E-state index < -0.39 is 0 Å². The molecule has 1 aliphatic rings. The first-order valence-electron chi connectivity index (χ1n) is 5.44. The van der Waals surface area contributed by atoms with Crippen LogP contribution >= 0.6 is 0 Å². The Bertz CT molecular complexity index is 329. The highest BCUT2D eigenvalue weighted by atomic mass is 16.4. The Morgan fingerprint density at radius 1 is 1.07 bits per heavy atom. The molecule has 1 aromatic carbocycles. The van der Waals surface area contributed by atoms with Crippen LogP contribution in [0.25, 0.3) is 0 Å². The Hall–Kier alpha value is -1.51. The smallest absolute Gasteiger partial charge is 0.175 e. The average molecular weight is 204 g/mol. The van der Waals surface area contributed by atoms with Gasteiger partial charge < -0.3 is 10.1 Å². The zero-order valence-corrected chi connectivity index (χ0v) is 8.76. The molecule has 0 unspecified atom stereocenters. The van der Waals surface area contributed by atoms with Crippen molar-refractivity contribution in [2.45, 2.75) is 19.3 Å². The van der Waals surface area contributed by atoms with Crippen molar-refractivity contribution in [2.24, 2.45) is 5.16 Å². The van der Waals surface area contributed by atoms with E-state index in [9.17, 15) is 0 Å². The highest BCUT2D eigenvalue weighted by molar-refractivity contribution is 5.98. The second-order valence-corrected chi connectivity index (χ2v) is 3.84. The lowest BCUT2D eigenvalue weighted by Gasteiger charge is -2.28. The van der Waals surface area contributed by atoms with Crippen LogP contribution in [0.4, 0.5) is 0 Å². The van der Waals surface area contributed by atoms with E-state index in [0.717, 1.165) is 18.7 Å². The van der Waals surface area contributed by atoms with E-state index in [2.05, 4.69) is 10.1 Å². The summed E-state index contributed by atoms with van der Waals surface area (Å²) in [5, 5.41) is 12.5. The van der Waals surface area contributed by atoms with Crippen LogP contribution in [0.15, 0.2) is 35.5 Å². The van der Waals surface area contributed by atoms with E-state index in [-0.39, 0.29) is 0 Å². The average Bonchev–Trinajstić information content (AvgIpc) is 2.33. The van der Waals surface area contributed by atoms with Gasteiger partial charge in [-0.1, -0.05) is 35.5 Å². The monoisotopic (exact) mass is 204 g/mol. The van der Waals surface area contributed by atoms with Crippen LogP contribution in [0, 0.1) is 0 Å². The molecule has 0 atom stereocenters. The summed E-state index contributed by atoms with van der Waals surface area (Å²) in [4.78, 5) is 2.15. The van der Waals surface area contributed by atoms with Gasteiger partial charge in [-0.2, -0.15) is 0 Å². The Labute approximate surface area is 90.0 Å². The molecule has 1 aromatic rings. The Morgan fingerprint density at radius 3 is 2.33 bits per heavy atom. The van der Waals surface area contributed by atoms with Gasteiger partial charge in [0.15, 0.2) is 5.84 Å². The first-order valence-corrected chi connectivity index (χ1v) is 5.44. The first-order chi connectivity index (χ1) is 7.42. The Balaban J connectivity index is 2.17. The topological polar surface area (TPSA) is 35.8 Å². The minimum Gasteiger partial charge on any atom is -0.409 e. The van der Waals surface area contributed by atoms with Gasteiger partial charge in [0.05, 0.1) is 0 Å². The number of oxime groups is 1. The van der Waals surface area contributed by atoms with Crippen LogP contribution in [0.5, 0.6) is 0 Å². The predicted molar refractivity (Wildman–Crippen MR) is 60.2 cm³/mol. The standard InChI is InChI=1S/C12H16N2O/c15-13-12(11-7-3-1-4-8-11)14-9-5-2-6-10-14/h1,3-4,7-8,15H,2,5-6,9-10H2/b13-12+. The molecule has 0 bridgehead atoms. The molecule has 1 aliphatic heterocycles. The summed E-state index contributed by atoms with van der Waals surface area (Å²) in [7, 11) is 0. The molecule has 0 spiro atoms. The van der Waals surface area contributed by atoms with E-state index >= 15 is 0 Å². The molecule has 1 N–H and O–H groups in total. The van der Waals surface area contributed by atoms with Crippen molar-refractivity contribution in [2.75, 3.05) is 13.1 Å². The molecule has 0 aliphatic carbocycles. The second-order valence-electron chi connectivity index (χ2n) is 3.84. The maximum Gasteiger partial charge on any atom is 0.175 e. The fraction of sp³-hybridized carbons (Fsp3) is 0.417. The van der Waals surface area contributed by atoms with Gasteiger partial charge >= 0.3 is 0 Å². The van der Waals surface area contributed by atoms with Crippen LogP contribution in [0.2, 0.25) is 0 Å². The van der Waals surface area contributed by atoms with Crippen molar-refractivity contribution in [3.8, 4) is 0 Å². The number of benzene rings is 1. The second kappa shape index (κ2) is 4.82. The van der Waals surface area contributed by atoms with Gasteiger partial charge in [-0.3, -0.25) is 0 Å². The number of amidine groups is 1. The molecule has 80 valence electrons. The third-order valence-electron chi connectivity index (χ3n) is 2.78. The van der Waals surface area contributed by atoms with Crippen LogP contribution < -0.4 is 0 Å². The highest BCUT2D eigenvalue weighted by Crippen LogP contribution is 2.13. The molecule has 15 heavy (non-hydrogen) atoms. The molecular formula is C12H16N2O. The fourth-order valence-electron chi connectivity index (χ4n) is 2.00. The largest absolute Gasteiger partial charge is 0.409 e. The summed E-state index contributed by atoms with van der Waals surface area (Å²) < 4.78 is 0. The predicted octanol–water partition coefficient (Wildman–Crippen LogP) is 2.31. The Kier molecular flexibility index (Phi) is 3.22. The van der Waals surface area contributed by atoms with Crippen LogP contribution in [-0.4, -0.2) is 29.0 Å². The zero-order valence-electron chi connectivity index (χ0n) is 8.76. The maximum atomic E-state index is 9.08. The molecule has 3 heteroatoms. The van der Waals surface area contributed by atoms with Crippen LogP contribution in [0.3, 0.4) is 0 Å². The van der Waals surface area contributed by atoms with E-state index in [1.165, 1.54) is 19.3 Å². The number of rotatable bonds is 1. The molecule has 0 saturated carbocycles. The van der Waals surface area contributed by atoms with Crippen molar-refractivity contribution < 1.29 is 5.21 Å². The molecule has 1 saturated heterocycles. The molecule has 0 aromatic heterocycles. The van der Waals surface area contributed by atoms with Gasteiger partial charge in [-0.05, 0) is 19.3 Å². The van der Waals surface area contributed by atoms with Gasteiger partial charge in [-0.25, -0.2) is 0 Å². The first kappa shape index (κ1) is 10.0. The SMILES string of the molecule is O/N=C(\c1ccccc1)N1CCCCC1. The van der Waals surface area contributed by atoms with Crippen molar-refractivity contribution in [1.29, 1.82) is 0 Å². The van der Waals surface area contributed by atoms with E-state index in [1.54, 1.807) is 0 Å². The minimum absolute atomic E-state index is 0.704. The summed E-state index contributed by atoms with van der Waals surface area (Å²) in [5.41, 5.74) is 0.988. The van der Waals surface area contributed by atoms with Crippen molar-refractivity contribution in [3.05, 3.63) is 35.9 Å². The number of nitrogens with zero attached hydrogens (tertiary/aromatic N) is 2. The Morgan fingerprint density at radius 2 is 1.73 bits per heavy atom. The van der Waals surface area contributed by atoms with Crippen molar-refractivity contribution >= 4 is 5.84 Å². The lowest BCUT2D eigenvalue weighted by Crippen LogP contribution is -2.36. The summed E-state index contributed by atoms with van der Waals surface area (Å²) in [6.07, 6.45) is 3.65. The van der Waals surface area contributed by atoms with Gasteiger partial charge in [-0.15, -0.1) is 0 Å². The summed E-state index contributed by atoms with van der Waals surface area (Å²) in [6.45, 7) is 1.99. The molecular weight excluding hydrogens is 188 g/mol. The molecule has 1 fully saturated rings. The number of hydrogen-bond acceptors (Lipinski definition) is 2. The summed E-state index contributed by atoms with van der Waals surface area (Å²) in [5.74, 6) is 0.704. The molecule has 3 nitrogen and oxygen atoms in total. The minimum atomic E-state index is 0.704.